The fourth-order valence-corrected chi connectivity index (χ4v) is 14.6. The van der Waals surface area contributed by atoms with E-state index in [0.29, 0.717) is 17.6 Å². The smallest absolute Gasteiger partial charge is 0.128 e. The van der Waals surface area contributed by atoms with Gasteiger partial charge in [0.05, 0.1) is 14.6 Å². The second-order valence-corrected chi connectivity index (χ2v) is 27.8. The number of nitrogens with one attached hydrogen (secondary N) is 1. The molecular weight excluding hydrogens is 812 g/mol. The molecule has 283 valence electrons. The van der Waals surface area contributed by atoms with Gasteiger partial charge in [0, 0.05) is 70.5 Å². The van der Waals surface area contributed by atoms with E-state index in [2.05, 4.69) is 161 Å². The third-order valence-corrected chi connectivity index (χ3v) is 16.9. The van der Waals surface area contributed by atoms with Crippen molar-refractivity contribution in [3.05, 3.63) is 62.8 Å². The summed E-state index contributed by atoms with van der Waals surface area (Å²) in [5, 5.41) is 11.1. The summed E-state index contributed by atoms with van der Waals surface area (Å²) in [6, 6.07) is 10.7. The number of ether oxygens (including phenoxy) is 1. The van der Waals surface area contributed by atoms with Gasteiger partial charge in [-0.2, -0.15) is 0 Å². The largest absolute Gasteiger partial charge is 0.672 e. The summed E-state index contributed by atoms with van der Waals surface area (Å²) >= 11 is 0. The third kappa shape index (κ3) is 22.0. The van der Waals surface area contributed by atoms with Gasteiger partial charge in [-0.3, -0.25) is 4.99 Å². The minimum Gasteiger partial charge on any atom is -0.672 e. The van der Waals surface area contributed by atoms with Crippen LogP contribution in [0.3, 0.4) is 0 Å². The van der Waals surface area contributed by atoms with Gasteiger partial charge in [-0.1, -0.05) is 164 Å². The summed E-state index contributed by atoms with van der Waals surface area (Å²) in [7, 11) is -1.64. The Hall–Kier alpha value is -0.0178. The molecule has 3 rings (SSSR count). The summed E-state index contributed by atoms with van der Waals surface area (Å²) in [5.74, 6) is 1.11. The predicted octanol–water partition coefficient (Wildman–Crippen LogP) is 10.9. The third-order valence-electron chi connectivity index (χ3n) is 7.49. The van der Waals surface area contributed by atoms with E-state index >= 15 is 0 Å². The predicted molar refractivity (Wildman–Crippen MR) is 228 cm³/mol. The molecule has 0 aromatic heterocycles. The molecule has 1 aliphatic rings. The number of hydrogen-bond acceptors (Lipinski definition) is 4. The average molecular weight is 888 g/mol. The Labute approximate surface area is 343 Å². The van der Waals surface area contributed by atoms with E-state index in [4.69, 9.17) is 9.73 Å². The number of rotatable bonds is 8. The van der Waals surface area contributed by atoms with Gasteiger partial charge in [-0.05, 0) is 58.3 Å². The first-order valence-corrected chi connectivity index (χ1v) is 29.4. The van der Waals surface area contributed by atoms with Gasteiger partial charge in [0.2, 0.25) is 0 Å². The zero-order valence-electron chi connectivity index (χ0n) is 34.8. The van der Waals surface area contributed by atoms with Gasteiger partial charge in [0.1, 0.15) is 14.7 Å². The Morgan fingerprint density at radius 3 is 1.57 bits per heavy atom. The van der Waals surface area contributed by atoms with Crippen molar-refractivity contribution < 1.29 is 49.8 Å². The monoisotopic (exact) mass is 887 g/mol. The first-order valence-electron chi connectivity index (χ1n) is 18.4. The number of para-hydroxylation sites is 1. The van der Waals surface area contributed by atoms with E-state index in [1.54, 1.807) is 0 Å². The molecule has 0 bridgehead atoms. The van der Waals surface area contributed by atoms with Crippen LogP contribution >= 0.6 is 0 Å². The van der Waals surface area contributed by atoms with Crippen LogP contribution in [0, 0.1) is 39.9 Å². The summed E-state index contributed by atoms with van der Waals surface area (Å²) in [5.41, 5.74) is 6.34. The molecule has 1 fully saturated rings. The van der Waals surface area contributed by atoms with E-state index in [-0.39, 0.29) is 59.7 Å². The number of hydrogen-bond donors (Lipinski definition) is 2. The van der Waals surface area contributed by atoms with Gasteiger partial charge < -0.3 is 19.1 Å². The number of phenols is 1. The molecule has 1 aliphatic heterocycles. The molecule has 0 unspecified atom stereocenters. The van der Waals surface area contributed by atoms with Crippen LogP contribution in [0.1, 0.15) is 122 Å². The molecule has 0 atom stereocenters. The molecule has 0 spiro atoms. The fraction of sp³-hybridized carbons (Fsp3) is 0.667. The van der Waals surface area contributed by atoms with E-state index in [0.717, 1.165) is 30.0 Å². The van der Waals surface area contributed by atoms with E-state index in [1.165, 1.54) is 29.5 Å². The zero-order chi connectivity index (χ0) is 37.4. The van der Waals surface area contributed by atoms with E-state index in [1.807, 2.05) is 6.21 Å². The molecule has 10 heteroatoms. The molecule has 1 saturated heterocycles. The van der Waals surface area contributed by atoms with Crippen LogP contribution < -0.4 is 4.65 Å². The second kappa shape index (κ2) is 25.1. The molecule has 2 aromatic rings. The van der Waals surface area contributed by atoms with Crippen molar-refractivity contribution in [3.8, 4) is 5.75 Å². The van der Waals surface area contributed by atoms with Gasteiger partial charge in [-0.15, -0.1) is 0 Å². The Morgan fingerprint density at radius 2 is 1.31 bits per heavy atom. The number of nitrogens with zero attached hydrogens (tertiary/aromatic N) is 2. The molecule has 2 aromatic carbocycles. The molecule has 0 saturated carbocycles. The standard InChI is InChI=1S/C27H39NO.2C4H14NSi2.C4H8O.Gd/c1-17(2)21-12-11-13-22(18(3)4)24(21)28-16-19-14-20(26(5,6)7)15-23(25(19)29)27(8,9)10;2*1-6(2)5-7(3)4;1-2-4-5-3-1;/h11-18,29H,1-10H3;6-7H,1-4H3;5-6H,1-4H3;1-4H2;/q;-1;;;. The zero-order valence-corrected chi connectivity index (χ0v) is 41.5. The molecule has 1 radical (unpaired) electrons. The van der Waals surface area contributed by atoms with Crippen LogP contribution in [-0.2, 0) is 15.6 Å². The fourth-order valence-electron chi connectivity index (χ4n) is 5.24. The van der Waals surface area contributed by atoms with Crippen molar-refractivity contribution in [1.29, 1.82) is 0 Å². The average Bonchev–Trinajstić information content (AvgIpc) is 3.50. The number of aliphatic imine (C=N–C) groups is 1. The van der Waals surface area contributed by atoms with Crippen molar-refractivity contribution in [1.82, 2.24) is 4.65 Å². The first-order chi connectivity index (χ1) is 22.0. The number of aromatic hydroxyl groups is 1. The van der Waals surface area contributed by atoms with E-state index < -0.39 is 26.9 Å². The minimum absolute atomic E-state index is 0. The molecule has 2 N–H and O–H groups in total. The maximum atomic E-state index is 11.1. The maximum Gasteiger partial charge on any atom is 0.128 e. The Kier molecular flexibility index (Phi) is 26.2. The first kappa shape index (κ1) is 51.1. The maximum absolute atomic E-state index is 11.1. The van der Waals surface area contributed by atoms with Crippen LogP contribution in [0.2, 0.25) is 52.4 Å². The SMILES string of the molecule is C1CCOC1.CC(C)c1cccc(C(C)C)c1N=Cc1cc(C(C)(C)C)cc(C(C)(C)C)c1O.C[SiH](C)[N-][SiH](C)C.C[Si](C)N[SiH](C)C.[Gd]. The van der Waals surface area contributed by atoms with Crippen molar-refractivity contribution >= 4 is 47.7 Å². The summed E-state index contributed by atoms with van der Waals surface area (Å²) in [4.78, 5) is 4.94. The van der Waals surface area contributed by atoms with Crippen LogP contribution in [0.25, 0.3) is 4.65 Å². The number of phenolic OH excluding ortho intramolecular Hbond substituents is 1. The topological polar surface area (TPSA) is 68.0 Å². The second-order valence-electron chi connectivity index (χ2n) is 16.8. The van der Waals surface area contributed by atoms with Crippen molar-refractivity contribution in [2.24, 2.45) is 4.99 Å². The number of benzene rings is 2. The van der Waals surface area contributed by atoms with Crippen LogP contribution in [-0.4, -0.2) is 60.4 Å². The normalized spacial score (nSPS) is 13.4. The molecule has 5 nitrogen and oxygen atoms in total. The van der Waals surface area contributed by atoms with Crippen molar-refractivity contribution in [2.75, 3.05) is 13.2 Å². The van der Waals surface area contributed by atoms with Gasteiger partial charge in [0.25, 0.3) is 0 Å². The Morgan fingerprint density at radius 1 is 0.837 bits per heavy atom. The Bertz CT molecular complexity index is 1160. The molecule has 0 aliphatic carbocycles. The van der Waals surface area contributed by atoms with Crippen LogP contribution in [0.15, 0.2) is 35.3 Å². The van der Waals surface area contributed by atoms with Gasteiger partial charge in [-0.25, -0.2) is 0 Å². The molecular formula is C39H75GdN3O2Si4-. The quantitative estimate of drug-likeness (QED) is 0.205. The molecule has 49 heavy (non-hydrogen) atoms. The van der Waals surface area contributed by atoms with Crippen molar-refractivity contribution in [2.45, 2.75) is 157 Å². The van der Waals surface area contributed by atoms with Crippen LogP contribution in [0.4, 0.5) is 5.69 Å². The van der Waals surface area contributed by atoms with E-state index in [9.17, 15) is 5.11 Å². The van der Waals surface area contributed by atoms with Gasteiger partial charge in [0.15, 0.2) is 0 Å². The Balaban J connectivity index is 0. The molecule has 1 heterocycles. The van der Waals surface area contributed by atoms with Crippen molar-refractivity contribution in [3.63, 3.8) is 0 Å². The molecule has 0 amide bonds. The summed E-state index contributed by atoms with van der Waals surface area (Å²) in [6.07, 6.45) is 4.41. The van der Waals surface area contributed by atoms with Gasteiger partial charge >= 0.3 is 0 Å². The van der Waals surface area contributed by atoms with Crippen LogP contribution in [0.5, 0.6) is 5.75 Å². The minimum atomic E-state index is -0.542. The summed E-state index contributed by atoms with van der Waals surface area (Å²) in [6.45, 7) is 42.1. The summed E-state index contributed by atoms with van der Waals surface area (Å²) < 4.78 is 13.0.